The number of aliphatic hydroxyl groups is 1. The van der Waals surface area contributed by atoms with Gasteiger partial charge >= 0.3 is 0 Å². The number of aromatic nitrogens is 4. The molecule has 0 bridgehead atoms. The smallest absolute Gasteiger partial charge is 0.259 e. The minimum absolute atomic E-state index is 0.0169. The number of aliphatic hydroxyl groups excluding tert-OH is 1. The summed E-state index contributed by atoms with van der Waals surface area (Å²) in [5.74, 6) is 0.554. The van der Waals surface area contributed by atoms with E-state index in [1.807, 2.05) is 53.0 Å². The topological polar surface area (TPSA) is 105 Å². The number of alkyl halides is 1. The van der Waals surface area contributed by atoms with Gasteiger partial charge in [-0.15, -0.1) is 0 Å². The van der Waals surface area contributed by atoms with Gasteiger partial charge in [0.1, 0.15) is 19.1 Å². The molecule has 5 rings (SSSR count). The molecule has 4 aromatic rings. The number of nitrogens with zero attached hydrogens (tertiary/aromatic N) is 5. The Hall–Kier alpha value is -3.87. The van der Waals surface area contributed by atoms with Gasteiger partial charge in [-0.05, 0) is 54.9 Å². The lowest BCUT2D eigenvalue weighted by Gasteiger charge is -2.31. The van der Waals surface area contributed by atoms with Crippen molar-refractivity contribution in [2.45, 2.75) is 70.1 Å². The van der Waals surface area contributed by atoms with E-state index in [1.165, 1.54) is 6.33 Å². The highest BCUT2D eigenvalue weighted by Crippen LogP contribution is 2.31. The summed E-state index contributed by atoms with van der Waals surface area (Å²) >= 11 is 0. The second-order valence-corrected chi connectivity index (χ2v) is 10.4. The van der Waals surface area contributed by atoms with Crippen LogP contribution in [-0.4, -0.2) is 49.8 Å². The Balaban J connectivity index is 1.45. The van der Waals surface area contributed by atoms with E-state index in [4.69, 9.17) is 4.74 Å². The monoisotopic (exact) mass is 543 g/mol. The highest BCUT2D eigenvalue weighted by molar-refractivity contribution is 5.70. The number of aryl methyl sites for hydroxylation is 1. The van der Waals surface area contributed by atoms with Crippen LogP contribution in [0.2, 0.25) is 0 Å². The second kappa shape index (κ2) is 12.5. The molecule has 208 valence electrons. The number of hydrogen-bond acceptors (Lipinski definition) is 6. The molecule has 40 heavy (non-hydrogen) atoms. The number of ether oxygens (including phenoxy) is 1. The Morgan fingerprint density at radius 1 is 1.15 bits per heavy atom. The Labute approximate surface area is 232 Å². The van der Waals surface area contributed by atoms with Crippen LogP contribution in [0.25, 0.3) is 16.9 Å². The molecule has 1 atom stereocenters. The van der Waals surface area contributed by atoms with Crippen LogP contribution in [-0.2, 0) is 17.6 Å². The van der Waals surface area contributed by atoms with Crippen LogP contribution in [0, 0.1) is 11.3 Å². The first-order valence-electron chi connectivity index (χ1n) is 13.9. The second-order valence-electron chi connectivity index (χ2n) is 10.4. The highest BCUT2D eigenvalue weighted by atomic mass is 19.1. The highest BCUT2D eigenvalue weighted by Gasteiger charge is 2.28. The van der Waals surface area contributed by atoms with E-state index >= 15 is 0 Å². The summed E-state index contributed by atoms with van der Waals surface area (Å²) in [6.07, 6.45) is 5.25. The normalized spacial score (nSPS) is 18.1. The Bertz CT molecular complexity index is 1550. The zero-order valence-corrected chi connectivity index (χ0v) is 22.7. The average molecular weight is 544 g/mol. The fourth-order valence-corrected chi connectivity index (χ4v) is 5.68. The first kappa shape index (κ1) is 27.7. The zero-order chi connectivity index (χ0) is 28.1. The largest absolute Gasteiger partial charge is 0.388 e. The Morgan fingerprint density at radius 2 is 1.90 bits per heavy atom. The minimum atomic E-state index is -1.10. The molecule has 2 aromatic heterocycles. The maximum absolute atomic E-state index is 14.1. The number of halogens is 1. The molecule has 1 unspecified atom stereocenters. The van der Waals surface area contributed by atoms with Crippen LogP contribution in [0.5, 0.6) is 0 Å². The van der Waals surface area contributed by atoms with Crippen molar-refractivity contribution in [3.8, 4) is 17.2 Å². The third-order valence-corrected chi connectivity index (χ3v) is 7.72. The minimum Gasteiger partial charge on any atom is -0.388 e. The van der Waals surface area contributed by atoms with Crippen molar-refractivity contribution < 1.29 is 14.2 Å². The molecule has 2 heterocycles. The lowest BCUT2D eigenvalue weighted by molar-refractivity contribution is -0.0344. The van der Waals surface area contributed by atoms with E-state index in [9.17, 15) is 19.6 Å². The molecule has 0 radical (unpaired) electrons. The number of rotatable bonds is 10. The van der Waals surface area contributed by atoms with Crippen molar-refractivity contribution in [3.63, 3.8) is 0 Å². The van der Waals surface area contributed by atoms with E-state index in [0.29, 0.717) is 37.0 Å². The molecule has 1 aliphatic rings. The van der Waals surface area contributed by atoms with E-state index in [2.05, 4.69) is 23.1 Å². The molecule has 8 nitrogen and oxygen atoms in total. The fourth-order valence-electron chi connectivity index (χ4n) is 5.68. The summed E-state index contributed by atoms with van der Waals surface area (Å²) in [5, 5.41) is 23.5. The Morgan fingerprint density at radius 3 is 2.60 bits per heavy atom. The van der Waals surface area contributed by atoms with Gasteiger partial charge in [0, 0.05) is 18.0 Å². The standard InChI is InChI=1S/C31H34FN5O3/c1-2-5-29-28(16-21-8-10-22(11-9-21)27-7-4-3-6-23(27)18-33)30(39)36(31-34-20-35-37(29)31)24-12-14-26(15-13-24)40-19-25(38)17-32/h3-4,6-11,20,24-26,38H,2,5,12-17,19H2,1H3. The van der Waals surface area contributed by atoms with Crippen molar-refractivity contribution in [1.82, 2.24) is 19.2 Å². The van der Waals surface area contributed by atoms with E-state index in [-0.39, 0.29) is 24.3 Å². The number of benzene rings is 2. The Kier molecular flexibility index (Phi) is 8.68. The number of hydrogen-bond donors (Lipinski definition) is 1. The summed E-state index contributed by atoms with van der Waals surface area (Å²) in [6.45, 7) is 1.25. The summed E-state index contributed by atoms with van der Waals surface area (Å²) in [6, 6.07) is 17.8. The average Bonchev–Trinajstić information content (AvgIpc) is 3.48. The van der Waals surface area contributed by atoms with E-state index < -0.39 is 12.8 Å². The van der Waals surface area contributed by atoms with Gasteiger partial charge < -0.3 is 9.84 Å². The number of nitriles is 1. The van der Waals surface area contributed by atoms with Gasteiger partial charge in [-0.1, -0.05) is 55.8 Å². The molecule has 1 N–H and O–H groups in total. The van der Waals surface area contributed by atoms with E-state index in [1.54, 1.807) is 4.57 Å². The van der Waals surface area contributed by atoms with Crippen molar-refractivity contribution >= 4 is 5.78 Å². The molecule has 2 aromatic carbocycles. The van der Waals surface area contributed by atoms with Gasteiger partial charge in [-0.25, -0.2) is 8.91 Å². The van der Waals surface area contributed by atoms with Gasteiger partial charge in [-0.2, -0.15) is 15.3 Å². The van der Waals surface area contributed by atoms with Gasteiger partial charge in [-0.3, -0.25) is 9.36 Å². The van der Waals surface area contributed by atoms with Crippen molar-refractivity contribution in [2.75, 3.05) is 13.3 Å². The summed E-state index contributed by atoms with van der Waals surface area (Å²) < 4.78 is 21.9. The molecule has 1 fully saturated rings. The molecule has 1 aliphatic carbocycles. The molecule has 1 saturated carbocycles. The third kappa shape index (κ3) is 5.69. The SMILES string of the molecule is CCCc1c(Cc2ccc(-c3ccccc3C#N)cc2)c(=O)n(C2CCC(OCC(O)CF)CC2)c2ncnn12. The quantitative estimate of drug-likeness (QED) is 0.308. The molecule has 0 spiro atoms. The summed E-state index contributed by atoms with van der Waals surface area (Å²) in [4.78, 5) is 18.6. The molecular formula is C31H34FN5O3. The zero-order valence-electron chi connectivity index (χ0n) is 22.7. The lowest BCUT2D eigenvalue weighted by atomic mass is 9.92. The van der Waals surface area contributed by atoms with Crippen LogP contribution in [0.15, 0.2) is 59.7 Å². The van der Waals surface area contributed by atoms with Crippen LogP contribution in [0.1, 0.15) is 67.5 Å². The first-order chi connectivity index (χ1) is 19.5. The third-order valence-electron chi connectivity index (χ3n) is 7.72. The molecular weight excluding hydrogens is 509 g/mol. The maximum atomic E-state index is 14.1. The molecule has 0 aliphatic heterocycles. The predicted molar refractivity (Wildman–Crippen MR) is 150 cm³/mol. The lowest BCUT2D eigenvalue weighted by Crippen LogP contribution is -2.35. The van der Waals surface area contributed by atoms with E-state index in [0.717, 1.165) is 47.2 Å². The van der Waals surface area contributed by atoms with Crippen LogP contribution < -0.4 is 5.56 Å². The van der Waals surface area contributed by atoms with Gasteiger partial charge in [0.25, 0.3) is 5.56 Å². The number of fused-ring (bicyclic) bond motifs is 1. The predicted octanol–water partition coefficient (Wildman–Crippen LogP) is 4.80. The van der Waals surface area contributed by atoms with Gasteiger partial charge in [0.15, 0.2) is 0 Å². The van der Waals surface area contributed by atoms with Crippen LogP contribution in [0.4, 0.5) is 4.39 Å². The summed E-state index contributed by atoms with van der Waals surface area (Å²) in [5.41, 5.74) is 5.02. The van der Waals surface area contributed by atoms with Gasteiger partial charge in [0.2, 0.25) is 5.78 Å². The maximum Gasteiger partial charge on any atom is 0.259 e. The van der Waals surface area contributed by atoms with Crippen molar-refractivity contribution in [3.05, 3.63) is 87.6 Å². The van der Waals surface area contributed by atoms with Crippen LogP contribution in [0.3, 0.4) is 0 Å². The van der Waals surface area contributed by atoms with Gasteiger partial charge in [0.05, 0.1) is 30.0 Å². The molecule has 0 saturated heterocycles. The first-order valence-corrected chi connectivity index (χ1v) is 13.9. The summed E-state index contributed by atoms with van der Waals surface area (Å²) in [7, 11) is 0. The molecule has 9 heteroatoms. The van der Waals surface area contributed by atoms with Crippen molar-refractivity contribution in [1.29, 1.82) is 5.26 Å². The fraction of sp³-hybridized carbons (Fsp3) is 0.419. The molecule has 0 amide bonds. The van der Waals surface area contributed by atoms with Crippen molar-refractivity contribution in [2.24, 2.45) is 0 Å². The van der Waals surface area contributed by atoms with Crippen LogP contribution >= 0.6 is 0 Å².